The molecule has 31 atom stereocenters. The average molecular weight is 1660 g/mol. The molecule has 5 saturated heterocycles. The minimum absolute atomic E-state index is 0.00204. The molecule has 7 heterocycles. The van der Waals surface area contributed by atoms with Crippen LogP contribution < -0.4 is 0 Å². The number of methoxy groups -OCH3 is 6. The van der Waals surface area contributed by atoms with Crippen LogP contribution >= 0.6 is 45.9 Å². The number of fused-ring (bicyclic) bond motifs is 16. The standard InChI is InChI=1S/C48H67ClN2O10S.C40H52ClNO9S/c1-10-27-14-13-17-37(61-39-19-18-36(51(5)6)25(3)57-39)24(2)42(53)33-22-31-30-20-28(60-48-45(56-9)44(55-8)43(54-7)26(4)58-48)21-34(30)46-41(40(31)32(33)23-38(52)59-27)50-47(62-46)29-15-11-12-16-35(29)49;1-7-21-11-10-14-30(43)19(2)34(45)27-17-25-24-15-22(51-40-37(48-6)36(47-5)35(46-4)20(3)49-40)16-28(24)38-33(32(25)26(27)18-31(44)50-21)42-39(52-38)23-12-8-9-13-29(23)41/h11-12,15-16,22,24-28,30-32,34,36-37,39-40,43-45,48H,10,13-14,17-21,23H2,1-9H3;8-9,12-13,17,19-22,24-26,28,30,32,35-37,40,43H,7,10-11,14-16,18H2,1-6H3/t24-,25?,26?,27+,28+,30+,31+,32-,34-,36+,37+,39+,40-,43+,44?,45+,48+;19-,20?,21+,22+,24+,25+,26-,28-,30+,32-,35+,36?,37+,40+/m11/s1. The van der Waals surface area contributed by atoms with Gasteiger partial charge in [-0.05, 0) is 172 Å². The van der Waals surface area contributed by atoms with E-state index in [0.717, 1.165) is 82.4 Å². The molecule has 6 aliphatic carbocycles. The summed E-state index contributed by atoms with van der Waals surface area (Å²) in [5.41, 5.74) is 4.92. The second-order valence-electron chi connectivity index (χ2n) is 34.0. The molecule has 0 bridgehead atoms. The van der Waals surface area contributed by atoms with Crippen molar-refractivity contribution in [2.24, 2.45) is 47.3 Å². The SMILES string of the molecule is CC[C@H]1CCC[C@H](O)[C@@H](C)C(=O)C2=C[C@H]3[C@@H]4C[C@H](O[C@@H]5OC(C)[C@H](OC)C(OC)[C@@H]5OC)C[C@H]4c4sc(-c5ccccc5Cl)nc4[C@H]3[C@@H]2CC(=O)O1.CC[C@H]1CCC[C@H](O[C@H]2CC[C@H](N(C)C)C(C)O2)[C@@H](C)C(=O)C2=C[C@H]3[C@@H]4C[C@H](O[C@@H]5OC(C)[C@H](OC)C(OC)[C@@H]5OC)C[C@H]4c4sc(-c5ccccc5Cl)nc4[C@H]3[C@@H]2CC(=O)O1. The number of carbonyl (C=O) groups excluding carboxylic acids is 4. The van der Waals surface area contributed by atoms with Crippen LogP contribution in [0.5, 0.6) is 0 Å². The number of esters is 2. The third-order valence-corrected chi connectivity index (χ3v) is 30.6. The van der Waals surface area contributed by atoms with Crippen LogP contribution in [-0.2, 0) is 85.5 Å². The van der Waals surface area contributed by atoms with Gasteiger partial charge < -0.3 is 76.3 Å². The lowest BCUT2D eigenvalue weighted by Crippen LogP contribution is -2.59. The molecule has 626 valence electrons. The van der Waals surface area contributed by atoms with Gasteiger partial charge >= 0.3 is 11.9 Å². The van der Waals surface area contributed by atoms with Crippen LogP contribution in [0.3, 0.4) is 0 Å². The van der Waals surface area contributed by atoms with E-state index in [-0.39, 0.29) is 157 Å². The fraction of sp³-hybridized carbons (Fsp3) is 0.705. The molecule has 0 amide bonds. The highest BCUT2D eigenvalue weighted by Crippen LogP contribution is 2.65. The Balaban J connectivity index is 0.000000192. The molecular formula is C88H119Cl2N3O19S2. The number of thiazole rings is 2. The summed E-state index contributed by atoms with van der Waals surface area (Å²) < 4.78 is 87.2. The summed E-state index contributed by atoms with van der Waals surface area (Å²) in [6.45, 7) is 13.9. The first-order valence-corrected chi connectivity index (χ1v) is 44.2. The highest BCUT2D eigenvalue weighted by Gasteiger charge is 2.60. The Kier molecular flexibility index (Phi) is 28.0. The van der Waals surface area contributed by atoms with Gasteiger partial charge in [-0.2, -0.15) is 0 Å². The van der Waals surface area contributed by atoms with E-state index in [4.69, 9.17) is 99.5 Å². The number of halogens is 2. The minimum Gasteiger partial charge on any atom is -0.462 e. The van der Waals surface area contributed by atoms with Crippen LogP contribution in [0.2, 0.25) is 10.0 Å². The number of hydrogen-bond donors (Lipinski definition) is 1. The summed E-state index contributed by atoms with van der Waals surface area (Å²) >= 11 is 16.9. The Bertz CT molecular complexity index is 4080. The van der Waals surface area contributed by atoms with E-state index in [1.165, 1.54) is 4.88 Å². The van der Waals surface area contributed by atoms with Gasteiger partial charge in [0.1, 0.15) is 58.8 Å². The lowest BCUT2D eigenvalue weighted by Gasteiger charge is -2.44. The number of carbonyl (C=O) groups is 4. The van der Waals surface area contributed by atoms with Crippen LogP contribution in [0.25, 0.3) is 21.1 Å². The fourth-order valence-electron chi connectivity index (χ4n) is 21.6. The first-order chi connectivity index (χ1) is 54.9. The molecule has 5 unspecified atom stereocenters. The maximum absolute atomic E-state index is 15.2. The van der Waals surface area contributed by atoms with Crippen molar-refractivity contribution in [1.29, 1.82) is 0 Å². The summed E-state index contributed by atoms with van der Waals surface area (Å²) in [5, 5.41) is 14.1. The summed E-state index contributed by atoms with van der Waals surface area (Å²) in [5.74, 6) is -2.58. The number of aliphatic hydroxyl groups excluding tert-OH is 1. The van der Waals surface area contributed by atoms with Gasteiger partial charge in [0, 0.05) is 117 Å². The summed E-state index contributed by atoms with van der Waals surface area (Å²) in [6.07, 6.45) is 7.93. The predicted molar refractivity (Wildman–Crippen MR) is 432 cm³/mol. The number of hydrogen-bond acceptors (Lipinski definition) is 24. The topological polar surface area (TPSA) is 247 Å². The van der Waals surface area contributed by atoms with Crippen molar-refractivity contribution in [3.63, 3.8) is 0 Å². The number of benzene rings is 2. The third-order valence-electron chi connectivity index (χ3n) is 27.4. The maximum atomic E-state index is 15.2. The van der Waals surface area contributed by atoms with E-state index in [1.807, 2.05) is 83.1 Å². The molecule has 1 N–H and O–H groups in total. The van der Waals surface area contributed by atoms with E-state index in [0.29, 0.717) is 72.2 Å². The highest BCUT2D eigenvalue weighted by molar-refractivity contribution is 7.15. The molecule has 7 fully saturated rings. The second-order valence-corrected chi connectivity index (χ2v) is 36.9. The zero-order valence-corrected chi connectivity index (χ0v) is 71.8. The molecule has 2 aromatic heterocycles. The molecule has 26 heteroatoms. The largest absolute Gasteiger partial charge is 0.462 e. The molecule has 11 aliphatic rings. The highest BCUT2D eigenvalue weighted by atomic mass is 35.5. The molecule has 15 rings (SSSR count). The Morgan fingerprint density at radius 2 is 0.947 bits per heavy atom. The Morgan fingerprint density at radius 3 is 1.37 bits per heavy atom. The quantitative estimate of drug-likeness (QED) is 0.0965. The zero-order chi connectivity index (χ0) is 80.8. The Labute approximate surface area is 690 Å². The number of nitrogens with zero attached hydrogens (tertiary/aromatic N) is 3. The number of aromatic nitrogens is 2. The lowest BCUT2D eigenvalue weighted by molar-refractivity contribution is -0.314. The van der Waals surface area contributed by atoms with Crippen molar-refractivity contribution in [1.82, 2.24) is 14.9 Å². The number of aliphatic hydroxyl groups is 1. The van der Waals surface area contributed by atoms with Crippen LogP contribution in [0.15, 0.2) is 71.8 Å². The van der Waals surface area contributed by atoms with Gasteiger partial charge in [-0.25, -0.2) is 9.97 Å². The number of Topliss-reactive ketones (excluding diaryl/α,β-unsaturated/α-hetero) is 2. The monoisotopic (exact) mass is 1660 g/mol. The van der Waals surface area contributed by atoms with Crippen molar-refractivity contribution in [2.45, 2.75) is 291 Å². The number of rotatable bonds is 17. The van der Waals surface area contributed by atoms with Crippen LogP contribution in [0.1, 0.15) is 196 Å². The van der Waals surface area contributed by atoms with Crippen molar-refractivity contribution < 1.29 is 90.6 Å². The normalized spacial score (nSPS) is 39.8. The lowest BCUT2D eigenvalue weighted by atomic mass is 9.67. The molecule has 0 radical (unpaired) electrons. The van der Waals surface area contributed by atoms with E-state index >= 15 is 4.79 Å². The van der Waals surface area contributed by atoms with Crippen molar-refractivity contribution in [3.05, 3.63) is 103 Å². The van der Waals surface area contributed by atoms with Gasteiger partial charge in [-0.3, -0.25) is 19.2 Å². The number of cyclic esters (lactones) is 2. The second kappa shape index (κ2) is 37.2. The molecular weight excluding hydrogens is 1540 g/mol. The number of likely N-dealkylation sites (N-methyl/N-ethyl adjacent to an activating group) is 1. The molecule has 0 spiro atoms. The Hall–Kier alpha value is -4.52. The number of allylic oxidation sites excluding steroid dienone is 4. The summed E-state index contributed by atoms with van der Waals surface area (Å²) in [7, 11) is 14.1. The van der Waals surface area contributed by atoms with Gasteiger partial charge in [0.15, 0.2) is 30.4 Å². The maximum Gasteiger partial charge on any atom is 0.306 e. The van der Waals surface area contributed by atoms with Gasteiger partial charge in [-0.15, -0.1) is 22.7 Å². The molecule has 114 heavy (non-hydrogen) atoms. The van der Waals surface area contributed by atoms with Crippen LogP contribution in [0.4, 0.5) is 0 Å². The Morgan fingerprint density at radius 1 is 0.509 bits per heavy atom. The third kappa shape index (κ3) is 17.2. The fourth-order valence-corrected chi connectivity index (χ4v) is 24.8. The molecule has 5 aliphatic heterocycles. The van der Waals surface area contributed by atoms with E-state index in [9.17, 15) is 19.5 Å². The van der Waals surface area contributed by atoms with Crippen LogP contribution in [0, 0.1) is 47.3 Å². The minimum atomic E-state index is -0.775. The summed E-state index contributed by atoms with van der Waals surface area (Å²) in [4.78, 5) is 72.6. The molecule has 22 nitrogen and oxygen atoms in total. The number of ether oxygens (including phenoxy) is 14. The van der Waals surface area contributed by atoms with Crippen LogP contribution in [-0.4, -0.2) is 217 Å². The molecule has 4 aromatic rings. The average Bonchev–Trinajstić information content (AvgIpc) is 1.56. The van der Waals surface area contributed by atoms with E-state index in [2.05, 4.69) is 45.0 Å². The van der Waals surface area contributed by atoms with Gasteiger partial charge in [0.25, 0.3) is 0 Å². The van der Waals surface area contributed by atoms with Gasteiger partial charge in [0.05, 0.1) is 77.0 Å². The van der Waals surface area contributed by atoms with Gasteiger partial charge in [-0.1, -0.05) is 99.4 Å². The van der Waals surface area contributed by atoms with Crippen molar-refractivity contribution in [2.75, 3.05) is 56.8 Å². The van der Waals surface area contributed by atoms with E-state index in [1.54, 1.807) is 65.3 Å². The van der Waals surface area contributed by atoms with E-state index < -0.39 is 60.9 Å². The molecule has 2 aromatic carbocycles. The van der Waals surface area contributed by atoms with Gasteiger partial charge in [0.2, 0.25) is 0 Å². The first-order valence-electron chi connectivity index (χ1n) is 41.8. The number of ketones is 2. The smallest absolute Gasteiger partial charge is 0.306 e. The van der Waals surface area contributed by atoms with Crippen molar-refractivity contribution >= 4 is 69.4 Å². The summed E-state index contributed by atoms with van der Waals surface area (Å²) in [6, 6.07) is 15.8. The zero-order valence-electron chi connectivity index (χ0n) is 68.7. The van der Waals surface area contributed by atoms with Crippen molar-refractivity contribution in [3.8, 4) is 21.1 Å². The first kappa shape index (κ1) is 85.9. The molecule has 2 saturated carbocycles. The predicted octanol–water partition coefficient (Wildman–Crippen LogP) is 15.2.